The summed E-state index contributed by atoms with van der Waals surface area (Å²) in [4.78, 5) is 0. The molecule has 2 aliphatic carbocycles. The average Bonchev–Trinajstić information content (AvgIpc) is 3.17. The lowest BCUT2D eigenvalue weighted by Crippen LogP contribution is -2.26. The molecule has 130 valence electrons. The van der Waals surface area contributed by atoms with Gasteiger partial charge in [-0.15, -0.1) is 0 Å². The molecule has 0 saturated carbocycles. The summed E-state index contributed by atoms with van der Waals surface area (Å²) >= 11 is 6.93. The summed E-state index contributed by atoms with van der Waals surface area (Å²) in [5.41, 5.74) is 9.56. The van der Waals surface area contributed by atoms with E-state index in [1.165, 1.54) is 41.5 Å². The number of hydrogen-bond acceptors (Lipinski definition) is 0. The highest BCUT2D eigenvalue weighted by atomic mass is 35.6. The van der Waals surface area contributed by atoms with Gasteiger partial charge in [0.2, 0.25) is 0 Å². The highest BCUT2D eigenvalue weighted by Gasteiger charge is 2.37. The molecule has 0 aromatic heterocycles. The van der Waals surface area contributed by atoms with Gasteiger partial charge in [-0.25, -0.2) is 0 Å². The van der Waals surface area contributed by atoms with Gasteiger partial charge in [-0.2, -0.15) is 11.1 Å². The normalized spacial score (nSPS) is 20.2. The van der Waals surface area contributed by atoms with Gasteiger partial charge in [0.15, 0.2) is 7.38 Å². The first-order valence-electron chi connectivity index (χ1n) is 9.54. The van der Waals surface area contributed by atoms with Crippen LogP contribution in [0, 0.1) is 0 Å². The summed E-state index contributed by atoms with van der Waals surface area (Å²) in [5.74, 6) is 0.535. The van der Waals surface area contributed by atoms with Crippen LogP contribution in [0.15, 0.2) is 48.5 Å². The van der Waals surface area contributed by atoms with Crippen LogP contribution in [0.5, 0.6) is 0 Å². The molecule has 2 heteroatoms. The van der Waals surface area contributed by atoms with Crippen molar-refractivity contribution in [3.05, 3.63) is 76.4 Å². The molecule has 0 fully saturated rings. The molecule has 4 rings (SSSR count). The lowest BCUT2D eigenvalue weighted by Gasteiger charge is -2.22. The minimum Gasteiger partial charge on any atom is -0.167 e. The van der Waals surface area contributed by atoms with Crippen molar-refractivity contribution in [2.75, 3.05) is 0 Å². The molecule has 2 aromatic carbocycles. The van der Waals surface area contributed by atoms with Gasteiger partial charge < -0.3 is 0 Å². The minimum atomic E-state index is -1.78. The first-order chi connectivity index (χ1) is 11.9. The van der Waals surface area contributed by atoms with Crippen LogP contribution in [0.3, 0.4) is 0 Å². The van der Waals surface area contributed by atoms with Crippen LogP contribution in [0.4, 0.5) is 0 Å². The maximum absolute atomic E-state index is 6.93. The topological polar surface area (TPSA) is 0 Å². The van der Waals surface area contributed by atoms with Crippen LogP contribution in [-0.2, 0) is 12.8 Å². The number of rotatable bonds is 4. The Kier molecular flexibility index (Phi) is 4.41. The van der Waals surface area contributed by atoms with E-state index in [-0.39, 0.29) is 0 Å². The highest BCUT2D eigenvalue weighted by molar-refractivity contribution is 7.20. The molecule has 0 heterocycles. The Labute approximate surface area is 157 Å². The molecule has 25 heavy (non-hydrogen) atoms. The van der Waals surface area contributed by atoms with E-state index in [9.17, 15) is 0 Å². The van der Waals surface area contributed by atoms with Gasteiger partial charge in [-0.1, -0.05) is 68.6 Å². The smallest absolute Gasteiger partial charge is 0.161 e. The summed E-state index contributed by atoms with van der Waals surface area (Å²) in [6.07, 6.45) is 7.42. The van der Waals surface area contributed by atoms with E-state index in [1.54, 1.807) is 11.1 Å². The van der Waals surface area contributed by atoms with E-state index in [1.807, 2.05) is 0 Å². The molecule has 2 aromatic rings. The van der Waals surface area contributed by atoms with Crippen LogP contribution >= 0.6 is 11.1 Å². The van der Waals surface area contributed by atoms with Gasteiger partial charge in [0.1, 0.15) is 0 Å². The Morgan fingerprint density at radius 1 is 1.08 bits per heavy atom. The second-order valence-electron chi connectivity index (χ2n) is 8.31. The van der Waals surface area contributed by atoms with Crippen LogP contribution < -0.4 is 0 Å². The van der Waals surface area contributed by atoms with Crippen molar-refractivity contribution in [3.8, 4) is 0 Å². The van der Waals surface area contributed by atoms with E-state index in [4.69, 9.17) is 11.1 Å². The second-order valence-corrected chi connectivity index (χ2v) is 15.0. The number of hydrogen-bond donors (Lipinski definition) is 0. The van der Waals surface area contributed by atoms with Gasteiger partial charge in [0.05, 0.1) is 0 Å². The molecule has 2 atom stereocenters. The van der Waals surface area contributed by atoms with Gasteiger partial charge in [-0.3, -0.25) is 0 Å². The molecule has 0 spiro atoms. The monoisotopic (exact) mass is 366 g/mol. The zero-order chi connectivity index (χ0) is 17.6. The van der Waals surface area contributed by atoms with Crippen molar-refractivity contribution in [1.82, 2.24) is 0 Å². The fourth-order valence-electron chi connectivity index (χ4n) is 4.53. The van der Waals surface area contributed by atoms with Crippen LogP contribution in [-0.4, -0.2) is 7.38 Å². The lowest BCUT2D eigenvalue weighted by molar-refractivity contribution is 0.792. The molecular formula is C23H27ClSi. The van der Waals surface area contributed by atoms with Crippen molar-refractivity contribution in [1.29, 1.82) is 0 Å². The molecule has 0 bridgehead atoms. The van der Waals surface area contributed by atoms with Crippen molar-refractivity contribution in [2.24, 2.45) is 0 Å². The lowest BCUT2D eigenvalue weighted by atomic mass is 9.90. The molecule has 0 aliphatic heterocycles. The first-order valence-corrected chi connectivity index (χ1v) is 13.6. The standard InChI is InChI=1S/C23H27ClSi/c1-16(17-8-5-4-6-9-17)12-20-15-23(25(2,3)24)22-14-19-11-7-10-18(19)13-21(20)22/h4-6,8-9,13-16,23H,7,10-12H2,1-3H3. The number of fused-ring (bicyclic) bond motifs is 2. The van der Waals surface area contributed by atoms with E-state index >= 15 is 0 Å². The number of benzene rings is 2. The third kappa shape index (κ3) is 3.25. The highest BCUT2D eigenvalue weighted by Crippen LogP contribution is 2.47. The largest absolute Gasteiger partial charge is 0.167 e. The third-order valence-corrected chi connectivity index (χ3v) is 8.61. The Hall–Kier alpha value is -1.31. The van der Waals surface area contributed by atoms with Gasteiger partial charge in [-0.05, 0) is 65.0 Å². The summed E-state index contributed by atoms with van der Waals surface area (Å²) < 4.78 is 0. The number of allylic oxidation sites excluding steroid dienone is 2. The van der Waals surface area contributed by atoms with Crippen LogP contribution in [0.1, 0.15) is 59.0 Å². The third-order valence-electron chi connectivity index (χ3n) is 5.95. The summed E-state index contributed by atoms with van der Waals surface area (Å²) in [6.45, 7) is 6.92. The fraction of sp³-hybridized carbons (Fsp3) is 0.391. The number of halogens is 1. The molecular weight excluding hydrogens is 340 g/mol. The predicted molar refractivity (Wildman–Crippen MR) is 112 cm³/mol. The van der Waals surface area contributed by atoms with Crippen molar-refractivity contribution < 1.29 is 0 Å². The summed E-state index contributed by atoms with van der Waals surface area (Å²) in [5, 5.41) is 0. The first kappa shape index (κ1) is 17.1. The van der Waals surface area contributed by atoms with E-state index in [0.29, 0.717) is 11.5 Å². The Morgan fingerprint density at radius 3 is 2.44 bits per heavy atom. The minimum absolute atomic E-state index is 0.452. The SMILES string of the molecule is CC(CC1=CC([Si](C)(C)Cl)c2cc3c(cc21)CCC3)c1ccccc1. The van der Waals surface area contributed by atoms with Gasteiger partial charge in [0.25, 0.3) is 0 Å². The van der Waals surface area contributed by atoms with Crippen LogP contribution in [0.25, 0.3) is 5.57 Å². The van der Waals surface area contributed by atoms with Crippen molar-refractivity contribution >= 4 is 24.0 Å². The number of aryl methyl sites for hydroxylation is 2. The average molecular weight is 367 g/mol. The van der Waals surface area contributed by atoms with Gasteiger partial charge >= 0.3 is 0 Å². The molecule has 0 nitrogen and oxygen atoms in total. The fourth-order valence-corrected chi connectivity index (χ4v) is 6.65. The molecule has 0 radical (unpaired) electrons. The summed E-state index contributed by atoms with van der Waals surface area (Å²) in [7, 11) is -1.78. The van der Waals surface area contributed by atoms with Crippen molar-refractivity contribution in [3.63, 3.8) is 0 Å². The van der Waals surface area contributed by atoms with Crippen molar-refractivity contribution in [2.45, 2.75) is 57.2 Å². The Morgan fingerprint density at radius 2 is 1.76 bits per heavy atom. The molecule has 0 N–H and O–H groups in total. The predicted octanol–water partition coefficient (Wildman–Crippen LogP) is 6.83. The van der Waals surface area contributed by atoms with E-state index in [0.717, 1.165) is 6.42 Å². The van der Waals surface area contributed by atoms with E-state index < -0.39 is 7.38 Å². The Balaban J connectivity index is 1.71. The summed E-state index contributed by atoms with van der Waals surface area (Å²) in [6, 6.07) is 15.9. The molecule has 2 unspecified atom stereocenters. The zero-order valence-electron chi connectivity index (χ0n) is 15.5. The maximum Gasteiger partial charge on any atom is 0.161 e. The molecule has 0 amide bonds. The maximum atomic E-state index is 6.93. The van der Waals surface area contributed by atoms with Gasteiger partial charge in [0, 0.05) is 5.54 Å². The molecule has 2 aliphatic rings. The second kappa shape index (κ2) is 6.45. The van der Waals surface area contributed by atoms with E-state index in [2.05, 4.69) is 68.6 Å². The zero-order valence-corrected chi connectivity index (χ0v) is 17.2. The Bertz CT molecular complexity index is 814. The molecule has 0 saturated heterocycles. The van der Waals surface area contributed by atoms with Crippen LogP contribution in [0.2, 0.25) is 13.1 Å². The quantitative estimate of drug-likeness (QED) is 0.410.